The van der Waals surface area contributed by atoms with E-state index in [9.17, 15) is 14.7 Å². The van der Waals surface area contributed by atoms with Crippen molar-refractivity contribution in [2.24, 2.45) is 0 Å². The SMILES string of the molecule is CC(C)c1ccc(C2C(C(=O)c3cc4ccccc4o3)=C(O)C(=O)N2c2ccc(C(C)C)cc2)cc1. The van der Waals surface area contributed by atoms with Crippen LogP contribution < -0.4 is 4.90 Å². The molecule has 4 aromatic rings. The molecular formula is C31H29NO4. The Balaban J connectivity index is 1.63. The maximum atomic E-state index is 13.8. The van der Waals surface area contributed by atoms with Crippen molar-refractivity contribution in [2.75, 3.05) is 4.90 Å². The zero-order valence-corrected chi connectivity index (χ0v) is 20.9. The molecule has 1 amide bonds. The molecule has 1 atom stereocenters. The molecule has 5 nitrogen and oxygen atoms in total. The van der Waals surface area contributed by atoms with Crippen molar-refractivity contribution in [3.05, 3.63) is 113 Å². The van der Waals surface area contributed by atoms with Crippen molar-refractivity contribution in [1.82, 2.24) is 0 Å². The summed E-state index contributed by atoms with van der Waals surface area (Å²) in [6, 6.07) is 23.7. The van der Waals surface area contributed by atoms with Gasteiger partial charge in [-0.2, -0.15) is 0 Å². The Morgan fingerprint density at radius 2 is 1.44 bits per heavy atom. The maximum Gasteiger partial charge on any atom is 0.294 e. The van der Waals surface area contributed by atoms with E-state index in [1.165, 1.54) is 4.90 Å². The summed E-state index contributed by atoms with van der Waals surface area (Å²) in [5.74, 6) is -0.896. The summed E-state index contributed by atoms with van der Waals surface area (Å²) >= 11 is 0. The Kier molecular flexibility index (Phi) is 6.00. The van der Waals surface area contributed by atoms with Crippen LogP contribution in [0.5, 0.6) is 0 Å². The van der Waals surface area contributed by atoms with Crippen LogP contribution in [-0.4, -0.2) is 16.8 Å². The monoisotopic (exact) mass is 479 g/mol. The normalized spacial score (nSPS) is 16.1. The molecular weight excluding hydrogens is 450 g/mol. The fraction of sp³-hybridized carbons (Fsp3) is 0.226. The van der Waals surface area contributed by atoms with Crippen molar-refractivity contribution >= 4 is 28.3 Å². The lowest BCUT2D eigenvalue weighted by molar-refractivity contribution is -0.117. The van der Waals surface area contributed by atoms with E-state index in [0.717, 1.165) is 22.1 Å². The number of carbonyl (C=O) groups is 2. The Bertz CT molecular complexity index is 1440. The maximum absolute atomic E-state index is 13.8. The second-order valence-electron chi connectivity index (χ2n) is 9.89. The lowest BCUT2D eigenvalue weighted by Crippen LogP contribution is -2.31. The first-order valence-corrected chi connectivity index (χ1v) is 12.3. The second-order valence-corrected chi connectivity index (χ2v) is 9.89. The van der Waals surface area contributed by atoms with Crippen molar-refractivity contribution in [3.8, 4) is 0 Å². The fourth-order valence-electron chi connectivity index (χ4n) is 4.73. The molecule has 0 spiro atoms. The Morgan fingerprint density at radius 1 is 0.861 bits per heavy atom. The topological polar surface area (TPSA) is 70.7 Å². The molecule has 0 aliphatic carbocycles. The van der Waals surface area contributed by atoms with Crippen LogP contribution in [0.1, 0.15) is 72.8 Å². The minimum atomic E-state index is -0.788. The predicted octanol–water partition coefficient (Wildman–Crippen LogP) is 7.46. The van der Waals surface area contributed by atoms with Crippen molar-refractivity contribution in [3.63, 3.8) is 0 Å². The molecule has 1 aromatic heterocycles. The molecule has 1 aliphatic heterocycles. The van der Waals surface area contributed by atoms with E-state index >= 15 is 0 Å². The highest BCUT2D eigenvalue weighted by molar-refractivity contribution is 6.20. The molecule has 182 valence electrons. The van der Waals surface area contributed by atoms with Crippen LogP contribution in [0.4, 0.5) is 5.69 Å². The molecule has 0 saturated heterocycles. The molecule has 0 radical (unpaired) electrons. The van der Waals surface area contributed by atoms with E-state index in [4.69, 9.17) is 4.42 Å². The van der Waals surface area contributed by atoms with Crippen LogP contribution in [0.15, 0.2) is 94.6 Å². The number of anilines is 1. The summed E-state index contributed by atoms with van der Waals surface area (Å²) < 4.78 is 5.82. The number of benzene rings is 3. The van der Waals surface area contributed by atoms with Gasteiger partial charge in [0.25, 0.3) is 5.91 Å². The predicted molar refractivity (Wildman–Crippen MR) is 141 cm³/mol. The van der Waals surface area contributed by atoms with E-state index in [1.807, 2.05) is 66.7 Å². The molecule has 0 saturated carbocycles. The summed E-state index contributed by atoms with van der Waals surface area (Å²) in [7, 11) is 0. The van der Waals surface area contributed by atoms with E-state index in [2.05, 4.69) is 27.7 Å². The van der Waals surface area contributed by atoms with Gasteiger partial charge in [0.05, 0.1) is 11.6 Å². The van der Waals surface area contributed by atoms with Gasteiger partial charge in [0, 0.05) is 11.1 Å². The molecule has 1 N–H and O–H groups in total. The van der Waals surface area contributed by atoms with E-state index in [-0.39, 0.29) is 11.3 Å². The van der Waals surface area contributed by atoms with Gasteiger partial charge in [0.2, 0.25) is 5.78 Å². The van der Waals surface area contributed by atoms with Crippen LogP contribution in [0, 0.1) is 0 Å². The molecule has 0 bridgehead atoms. The number of Topliss-reactive ketones (excluding diaryl/α,β-unsaturated/α-hetero) is 1. The number of para-hydroxylation sites is 1. The average molecular weight is 480 g/mol. The van der Waals surface area contributed by atoms with Gasteiger partial charge < -0.3 is 9.52 Å². The number of amides is 1. The van der Waals surface area contributed by atoms with Gasteiger partial charge in [-0.25, -0.2) is 0 Å². The number of hydrogen-bond acceptors (Lipinski definition) is 4. The smallest absolute Gasteiger partial charge is 0.294 e. The zero-order valence-electron chi connectivity index (χ0n) is 20.9. The molecule has 5 heteroatoms. The molecule has 1 unspecified atom stereocenters. The van der Waals surface area contributed by atoms with Gasteiger partial charge in [0.1, 0.15) is 5.58 Å². The van der Waals surface area contributed by atoms with Crippen LogP contribution >= 0.6 is 0 Å². The molecule has 5 rings (SSSR count). The highest BCUT2D eigenvalue weighted by atomic mass is 16.3. The third-order valence-corrected chi connectivity index (χ3v) is 6.86. The van der Waals surface area contributed by atoms with E-state index in [1.54, 1.807) is 12.1 Å². The fourth-order valence-corrected chi connectivity index (χ4v) is 4.73. The van der Waals surface area contributed by atoms with Gasteiger partial charge in [-0.15, -0.1) is 0 Å². The Hall–Kier alpha value is -4.12. The van der Waals surface area contributed by atoms with Crippen molar-refractivity contribution in [2.45, 2.75) is 45.6 Å². The van der Waals surface area contributed by atoms with Gasteiger partial charge in [0.15, 0.2) is 11.5 Å². The first-order valence-electron chi connectivity index (χ1n) is 12.3. The highest BCUT2D eigenvalue weighted by Gasteiger charge is 2.45. The van der Waals surface area contributed by atoms with Crippen LogP contribution in [0.25, 0.3) is 11.0 Å². The van der Waals surface area contributed by atoms with E-state index in [0.29, 0.717) is 23.1 Å². The van der Waals surface area contributed by atoms with Gasteiger partial charge in [-0.1, -0.05) is 82.3 Å². The number of ketones is 1. The number of fused-ring (bicyclic) bond motifs is 1. The van der Waals surface area contributed by atoms with Crippen molar-refractivity contribution in [1.29, 1.82) is 0 Å². The van der Waals surface area contributed by atoms with Gasteiger partial charge in [-0.3, -0.25) is 14.5 Å². The highest BCUT2D eigenvalue weighted by Crippen LogP contribution is 2.42. The largest absolute Gasteiger partial charge is 0.503 e. The van der Waals surface area contributed by atoms with Crippen LogP contribution in [0.2, 0.25) is 0 Å². The standard InChI is InChI=1S/C31H29NO4/c1-18(2)20-9-11-22(12-10-20)28-27(29(33)26-17-23-7-5-6-8-25(23)36-26)30(34)31(35)32(28)24-15-13-21(14-16-24)19(3)4/h5-19,28,34H,1-4H3. The third-order valence-electron chi connectivity index (χ3n) is 6.86. The number of rotatable bonds is 6. The van der Waals surface area contributed by atoms with Crippen LogP contribution in [-0.2, 0) is 4.79 Å². The second kappa shape index (κ2) is 9.15. The zero-order chi connectivity index (χ0) is 25.6. The first kappa shape index (κ1) is 23.6. The number of furan rings is 1. The van der Waals surface area contributed by atoms with Gasteiger partial charge in [-0.05, 0) is 52.8 Å². The summed E-state index contributed by atoms with van der Waals surface area (Å²) in [6.45, 7) is 8.43. The number of aliphatic hydroxyl groups is 1. The average Bonchev–Trinajstić information content (AvgIpc) is 3.43. The van der Waals surface area contributed by atoms with Crippen molar-refractivity contribution < 1.29 is 19.1 Å². The summed E-state index contributed by atoms with van der Waals surface area (Å²) in [5.41, 5.74) is 4.23. The lowest BCUT2D eigenvalue weighted by Gasteiger charge is -2.27. The Labute approximate surface area is 210 Å². The molecule has 1 aliphatic rings. The molecule has 2 heterocycles. The molecule has 0 fully saturated rings. The van der Waals surface area contributed by atoms with E-state index < -0.39 is 23.5 Å². The first-order chi connectivity index (χ1) is 17.3. The molecule has 36 heavy (non-hydrogen) atoms. The Morgan fingerprint density at radius 3 is 2.03 bits per heavy atom. The minimum absolute atomic E-state index is 0.0179. The minimum Gasteiger partial charge on any atom is -0.503 e. The third kappa shape index (κ3) is 4.01. The number of aliphatic hydroxyl groups excluding tert-OH is 1. The number of nitrogens with zero attached hydrogens (tertiary/aromatic N) is 1. The number of carbonyl (C=O) groups excluding carboxylic acids is 2. The van der Waals surface area contributed by atoms with Crippen LogP contribution in [0.3, 0.4) is 0 Å². The lowest BCUT2D eigenvalue weighted by atomic mass is 9.92. The summed E-state index contributed by atoms with van der Waals surface area (Å²) in [6.07, 6.45) is 0. The summed E-state index contributed by atoms with van der Waals surface area (Å²) in [4.78, 5) is 28.7. The molecule has 3 aromatic carbocycles. The summed E-state index contributed by atoms with van der Waals surface area (Å²) in [5, 5.41) is 11.8. The number of hydrogen-bond donors (Lipinski definition) is 1. The quantitative estimate of drug-likeness (QED) is 0.291. The van der Waals surface area contributed by atoms with Gasteiger partial charge >= 0.3 is 0 Å².